The minimum absolute atomic E-state index is 0.209. The summed E-state index contributed by atoms with van der Waals surface area (Å²) in [7, 11) is -3.50. The van der Waals surface area contributed by atoms with Gasteiger partial charge in [-0.3, -0.25) is 0 Å². The minimum Gasteiger partial charge on any atom is -0.211 e. The van der Waals surface area contributed by atoms with Gasteiger partial charge in [-0.05, 0) is 37.1 Å². The molecule has 0 aromatic heterocycles. The molecular formula is C12H14N2O2S. The molecule has 0 atom stereocenters. The van der Waals surface area contributed by atoms with Gasteiger partial charge < -0.3 is 0 Å². The van der Waals surface area contributed by atoms with Crippen molar-refractivity contribution in [2.45, 2.75) is 18.2 Å². The zero-order valence-corrected chi connectivity index (χ0v) is 10.4. The van der Waals surface area contributed by atoms with Gasteiger partial charge in [0.05, 0.1) is 16.5 Å². The Balaban J connectivity index is 3.00. The van der Waals surface area contributed by atoms with E-state index in [4.69, 9.17) is 5.26 Å². The Labute approximate surface area is 102 Å². The number of sulfonamides is 1. The van der Waals surface area contributed by atoms with Gasteiger partial charge in [0.15, 0.2) is 0 Å². The van der Waals surface area contributed by atoms with E-state index >= 15 is 0 Å². The van der Waals surface area contributed by atoms with Gasteiger partial charge in [0.1, 0.15) is 0 Å². The molecule has 1 N–H and O–H groups in total. The maximum Gasteiger partial charge on any atom is 0.240 e. The number of nitrogens with zero attached hydrogens (tertiary/aromatic N) is 1. The second kappa shape index (κ2) is 5.62. The van der Waals surface area contributed by atoms with Crippen LogP contribution in [0.25, 0.3) is 0 Å². The third kappa shape index (κ3) is 3.41. The lowest BCUT2D eigenvalue weighted by Crippen LogP contribution is -2.25. The quantitative estimate of drug-likeness (QED) is 0.639. The van der Waals surface area contributed by atoms with Crippen LogP contribution in [0.1, 0.15) is 17.5 Å². The Kier molecular flexibility index (Phi) is 4.44. The molecule has 0 unspecified atom stereocenters. The lowest BCUT2D eigenvalue weighted by atomic mass is 10.2. The average molecular weight is 250 g/mol. The summed E-state index contributed by atoms with van der Waals surface area (Å²) in [6, 6.07) is 6.47. The normalized spacial score (nSPS) is 10.8. The molecule has 0 fully saturated rings. The van der Waals surface area contributed by atoms with E-state index in [0.29, 0.717) is 24.1 Å². The first-order valence-corrected chi connectivity index (χ1v) is 6.61. The molecule has 5 heteroatoms. The molecule has 0 radical (unpaired) electrons. The minimum atomic E-state index is -3.50. The Morgan fingerprint density at radius 3 is 2.76 bits per heavy atom. The Bertz CT molecular complexity index is 556. The van der Waals surface area contributed by atoms with Crippen molar-refractivity contribution in [2.24, 2.45) is 0 Å². The Morgan fingerprint density at radius 1 is 1.53 bits per heavy atom. The van der Waals surface area contributed by atoms with Gasteiger partial charge in [-0.2, -0.15) is 5.26 Å². The lowest BCUT2D eigenvalue weighted by Gasteiger charge is -2.08. The molecule has 1 aromatic carbocycles. The number of rotatable bonds is 5. The van der Waals surface area contributed by atoms with E-state index in [1.54, 1.807) is 19.1 Å². The predicted octanol–water partition coefficient (Wildman–Crippen LogP) is 1.72. The van der Waals surface area contributed by atoms with Crippen molar-refractivity contribution in [1.29, 1.82) is 5.26 Å². The molecule has 0 aliphatic heterocycles. The lowest BCUT2D eigenvalue weighted by molar-refractivity contribution is 0.581. The maximum atomic E-state index is 11.9. The van der Waals surface area contributed by atoms with Gasteiger partial charge in [0.2, 0.25) is 10.0 Å². The van der Waals surface area contributed by atoms with Crippen LogP contribution < -0.4 is 4.72 Å². The van der Waals surface area contributed by atoms with Crippen molar-refractivity contribution in [3.05, 3.63) is 42.0 Å². The third-order valence-corrected chi connectivity index (χ3v) is 3.86. The zero-order valence-electron chi connectivity index (χ0n) is 9.60. The third-order valence-electron chi connectivity index (χ3n) is 2.23. The summed E-state index contributed by atoms with van der Waals surface area (Å²) in [5, 5.41) is 8.70. The van der Waals surface area contributed by atoms with Gasteiger partial charge in [0.25, 0.3) is 0 Å². The number of nitriles is 1. The van der Waals surface area contributed by atoms with Crippen molar-refractivity contribution in [2.75, 3.05) is 6.54 Å². The van der Waals surface area contributed by atoms with E-state index in [-0.39, 0.29) is 4.90 Å². The van der Waals surface area contributed by atoms with Crippen LogP contribution >= 0.6 is 0 Å². The molecule has 0 aliphatic rings. The summed E-state index contributed by atoms with van der Waals surface area (Å²) >= 11 is 0. The molecule has 0 aliphatic carbocycles. The van der Waals surface area contributed by atoms with Crippen LogP contribution in [0.4, 0.5) is 0 Å². The summed E-state index contributed by atoms with van der Waals surface area (Å²) in [5.41, 5.74) is 1.02. The monoisotopic (exact) mass is 250 g/mol. The fourth-order valence-electron chi connectivity index (χ4n) is 1.39. The summed E-state index contributed by atoms with van der Waals surface area (Å²) in [6.45, 7) is 5.52. The average Bonchev–Trinajstić information content (AvgIpc) is 2.28. The molecule has 1 aromatic rings. The molecule has 4 nitrogen and oxygen atoms in total. The van der Waals surface area contributed by atoms with Gasteiger partial charge in [-0.1, -0.05) is 6.08 Å². The number of hydrogen-bond acceptors (Lipinski definition) is 3. The molecule has 0 amide bonds. The SMILES string of the molecule is C=CCCNS(=O)(=O)c1ccc(C#N)cc1C. The molecule has 0 heterocycles. The van der Waals surface area contributed by atoms with Crippen LogP contribution in [0.5, 0.6) is 0 Å². The highest BCUT2D eigenvalue weighted by molar-refractivity contribution is 7.89. The standard InChI is InChI=1S/C12H14N2O2S/c1-3-4-7-14-17(15,16)12-6-5-11(9-13)8-10(12)2/h3,5-6,8,14H,1,4,7H2,2H3. The molecule has 90 valence electrons. The molecule has 0 bridgehead atoms. The van der Waals surface area contributed by atoms with E-state index in [2.05, 4.69) is 11.3 Å². The van der Waals surface area contributed by atoms with Crippen LogP contribution in [0.2, 0.25) is 0 Å². The highest BCUT2D eigenvalue weighted by atomic mass is 32.2. The molecule has 17 heavy (non-hydrogen) atoms. The van der Waals surface area contributed by atoms with Crippen molar-refractivity contribution < 1.29 is 8.42 Å². The second-order valence-corrected chi connectivity index (χ2v) is 5.30. The van der Waals surface area contributed by atoms with E-state index < -0.39 is 10.0 Å². The zero-order chi connectivity index (χ0) is 12.9. The number of aryl methyl sites for hydroxylation is 1. The second-order valence-electron chi connectivity index (χ2n) is 3.57. The molecular weight excluding hydrogens is 236 g/mol. The van der Waals surface area contributed by atoms with Crippen LogP contribution in [0.15, 0.2) is 35.7 Å². The van der Waals surface area contributed by atoms with E-state index in [0.717, 1.165) is 0 Å². The molecule has 0 spiro atoms. The highest BCUT2D eigenvalue weighted by Gasteiger charge is 2.15. The molecule has 0 saturated carbocycles. The van der Waals surface area contributed by atoms with Crippen molar-refractivity contribution in [1.82, 2.24) is 4.72 Å². The smallest absolute Gasteiger partial charge is 0.211 e. The number of hydrogen-bond donors (Lipinski definition) is 1. The molecule has 1 rings (SSSR count). The first kappa shape index (κ1) is 13.4. The Morgan fingerprint density at radius 2 is 2.24 bits per heavy atom. The summed E-state index contributed by atoms with van der Waals surface area (Å²) in [5.74, 6) is 0. The number of benzene rings is 1. The summed E-state index contributed by atoms with van der Waals surface area (Å²) in [6.07, 6.45) is 2.22. The number of nitrogens with one attached hydrogen (secondary N) is 1. The molecule has 0 saturated heterocycles. The van der Waals surface area contributed by atoms with Crippen LogP contribution in [0.3, 0.4) is 0 Å². The van der Waals surface area contributed by atoms with Crippen molar-refractivity contribution in [3.8, 4) is 6.07 Å². The summed E-state index contributed by atoms with van der Waals surface area (Å²) in [4.78, 5) is 0.209. The largest absolute Gasteiger partial charge is 0.240 e. The van der Waals surface area contributed by atoms with Crippen molar-refractivity contribution >= 4 is 10.0 Å². The summed E-state index contributed by atoms with van der Waals surface area (Å²) < 4.78 is 26.3. The van der Waals surface area contributed by atoms with Gasteiger partial charge >= 0.3 is 0 Å². The van der Waals surface area contributed by atoms with Gasteiger partial charge in [-0.25, -0.2) is 13.1 Å². The van der Waals surface area contributed by atoms with Crippen molar-refractivity contribution in [3.63, 3.8) is 0 Å². The van der Waals surface area contributed by atoms with Crippen LogP contribution in [0, 0.1) is 18.3 Å². The van der Waals surface area contributed by atoms with Gasteiger partial charge in [0, 0.05) is 6.54 Å². The van der Waals surface area contributed by atoms with E-state index in [9.17, 15) is 8.42 Å². The van der Waals surface area contributed by atoms with Crippen LogP contribution in [-0.2, 0) is 10.0 Å². The predicted molar refractivity (Wildman–Crippen MR) is 65.9 cm³/mol. The first-order valence-electron chi connectivity index (χ1n) is 5.12. The van der Waals surface area contributed by atoms with Crippen LogP contribution in [-0.4, -0.2) is 15.0 Å². The Hall–Kier alpha value is -1.64. The van der Waals surface area contributed by atoms with Gasteiger partial charge in [-0.15, -0.1) is 6.58 Å². The maximum absolute atomic E-state index is 11.9. The van der Waals surface area contributed by atoms with E-state index in [1.165, 1.54) is 12.1 Å². The first-order chi connectivity index (χ1) is 8.01. The fourth-order valence-corrected chi connectivity index (χ4v) is 2.67. The fraction of sp³-hybridized carbons (Fsp3) is 0.250. The van der Waals surface area contributed by atoms with E-state index in [1.807, 2.05) is 6.07 Å². The topological polar surface area (TPSA) is 70.0 Å². The highest BCUT2D eigenvalue weighted by Crippen LogP contribution is 2.16.